The molecule has 2 rings (SSSR count). The molecule has 0 fully saturated rings. The summed E-state index contributed by atoms with van der Waals surface area (Å²) in [7, 11) is 0. The topological polar surface area (TPSA) is 29.1 Å². The van der Waals surface area contributed by atoms with Crippen LogP contribution in [0.2, 0.25) is 0 Å². The van der Waals surface area contributed by atoms with Crippen LogP contribution in [0.1, 0.15) is 33.1 Å². The number of aryl methyl sites for hydroxylation is 1. The number of carbonyl (C=O) groups is 1. The summed E-state index contributed by atoms with van der Waals surface area (Å²) in [5.41, 5.74) is 1.04. The van der Waals surface area contributed by atoms with E-state index in [4.69, 9.17) is 0 Å². The van der Waals surface area contributed by atoms with Gasteiger partial charge in [0, 0.05) is 4.88 Å². The number of nitrogens with one attached hydrogen (secondary N) is 1. The van der Waals surface area contributed by atoms with Crippen LogP contribution in [0.15, 0.2) is 29.0 Å². The maximum atomic E-state index is 11.9. The highest BCUT2D eigenvalue weighted by molar-refractivity contribution is 7.12. The molecule has 0 aliphatic carbocycles. The number of hydrogen-bond acceptors (Lipinski definition) is 3. The Bertz CT molecular complexity index is 473. The second kappa shape index (κ2) is 4.80. The number of hydrogen-bond donors (Lipinski definition) is 1. The van der Waals surface area contributed by atoms with Crippen molar-refractivity contribution in [3.8, 4) is 0 Å². The van der Waals surface area contributed by atoms with Gasteiger partial charge in [-0.1, -0.05) is 6.07 Å². The molecule has 4 heteroatoms. The predicted octanol–water partition coefficient (Wildman–Crippen LogP) is 3.61. The molecule has 0 saturated carbocycles. The van der Waals surface area contributed by atoms with Gasteiger partial charge in [0.2, 0.25) is 0 Å². The lowest BCUT2D eigenvalue weighted by atomic mass is 10.2. The summed E-state index contributed by atoms with van der Waals surface area (Å²) in [6.07, 6.45) is 0. The fourth-order valence-electron chi connectivity index (χ4n) is 1.48. The maximum Gasteiger partial charge on any atom is 0.262 e. The van der Waals surface area contributed by atoms with Crippen molar-refractivity contribution in [1.29, 1.82) is 0 Å². The van der Waals surface area contributed by atoms with Gasteiger partial charge in [-0.25, -0.2) is 0 Å². The van der Waals surface area contributed by atoms with Crippen molar-refractivity contribution >= 4 is 28.6 Å². The molecular formula is C12H13NOS2. The summed E-state index contributed by atoms with van der Waals surface area (Å²) in [6, 6.07) is 6.08. The van der Waals surface area contributed by atoms with Gasteiger partial charge in [-0.05, 0) is 42.3 Å². The summed E-state index contributed by atoms with van der Waals surface area (Å²) in [5, 5.41) is 6.97. The molecule has 0 bridgehead atoms. The molecule has 16 heavy (non-hydrogen) atoms. The molecule has 0 radical (unpaired) electrons. The number of carbonyl (C=O) groups excluding carboxylic acids is 1. The van der Waals surface area contributed by atoms with Crippen LogP contribution in [-0.4, -0.2) is 5.91 Å². The van der Waals surface area contributed by atoms with Gasteiger partial charge >= 0.3 is 0 Å². The van der Waals surface area contributed by atoms with Crippen LogP contribution < -0.4 is 5.32 Å². The third-order valence-corrected chi connectivity index (χ3v) is 4.46. The lowest BCUT2D eigenvalue weighted by Gasteiger charge is -2.11. The first-order valence-electron chi connectivity index (χ1n) is 5.07. The van der Waals surface area contributed by atoms with Crippen LogP contribution in [-0.2, 0) is 0 Å². The maximum absolute atomic E-state index is 11.9. The van der Waals surface area contributed by atoms with E-state index in [0.29, 0.717) is 0 Å². The van der Waals surface area contributed by atoms with E-state index in [9.17, 15) is 4.79 Å². The van der Waals surface area contributed by atoms with Gasteiger partial charge in [0.15, 0.2) is 0 Å². The number of amides is 1. The van der Waals surface area contributed by atoms with E-state index >= 15 is 0 Å². The molecule has 2 aromatic heterocycles. The molecule has 1 atom stereocenters. The van der Waals surface area contributed by atoms with Crippen molar-refractivity contribution in [2.24, 2.45) is 0 Å². The quantitative estimate of drug-likeness (QED) is 0.887. The Labute approximate surface area is 103 Å². The molecule has 1 amide bonds. The smallest absolute Gasteiger partial charge is 0.262 e. The molecule has 0 aromatic carbocycles. The molecule has 2 nitrogen and oxygen atoms in total. The van der Waals surface area contributed by atoms with E-state index in [2.05, 4.69) is 5.32 Å². The zero-order valence-electron chi connectivity index (χ0n) is 9.19. The highest BCUT2D eigenvalue weighted by Gasteiger charge is 2.14. The van der Waals surface area contributed by atoms with Crippen molar-refractivity contribution in [3.05, 3.63) is 44.3 Å². The molecule has 84 valence electrons. The van der Waals surface area contributed by atoms with Crippen molar-refractivity contribution in [3.63, 3.8) is 0 Å². The molecule has 0 spiro atoms. The molecule has 2 aromatic rings. The number of thiophene rings is 2. The summed E-state index contributed by atoms with van der Waals surface area (Å²) in [6.45, 7) is 3.97. The first-order chi connectivity index (χ1) is 7.68. The van der Waals surface area contributed by atoms with E-state index in [1.54, 1.807) is 11.3 Å². The Morgan fingerprint density at radius 3 is 2.69 bits per heavy atom. The fraction of sp³-hybridized carbons (Fsp3) is 0.250. The zero-order chi connectivity index (χ0) is 11.5. The van der Waals surface area contributed by atoms with Gasteiger partial charge in [0.25, 0.3) is 5.91 Å². The van der Waals surface area contributed by atoms with Crippen molar-refractivity contribution in [2.75, 3.05) is 0 Å². The fourth-order valence-corrected chi connectivity index (χ4v) is 3.04. The molecule has 2 heterocycles. The standard InChI is InChI=1S/C12H13NOS2/c1-8-5-7-16-11(8)12(14)13-9(2)10-4-3-6-15-10/h3-7,9H,1-2H3,(H,13,14)/t9-/m1/s1. The van der Waals surface area contributed by atoms with Crippen LogP contribution in [0.3, 0.4) is 0 Å². The van der Waals surface area contributed by atoms with Crippen LogP contribution in [0.25, 0.3) is 0 Å². The van der Waals surface area contributed by atoms with Gasteiger partial charge in [-0.3, -0.25) is 4.79 Å². The zero-order valence-corrected chi connectivity index (χ0v) is 10.8. The summed E-state index contributed by atoms with van der Waals surface area (Å²) < 4.78 is 0. The lowest BCUT2D eigenvalue weighted by Crippen LogP contribution is -2.25. The molecule has 0 unspecified atom stereocenters. The average molecular weight is 251 g/mol. The Morgan fingerprint density at radius 1 is 1.31 bits per heavy atom. The van der Waals surface area contributed by atoms with Gasteiger partial charge in [-0.2, -0.15) is 0 Å². The van der Waals surface area contributed by atoms with Crippen LogP contribution >= 0.6 is 22.7 Å². The summed E-state index contributed by atoms with van der Waals surface area (Å²) in [4.78, 5) is 13.9. The molecule has 0 saturated heterocycles. The molecule has 0 aliphatic rings. The van der Waals surface area contributed by atoms with Gasteiger partial charge in [0.05, 0.1) is 10.9 Å². The molecule has 0 aliphatic heterocycles. The Morgan fingerprint density at radius 2 is 2.12 bits per heavy atom. The third-order valence-electron chi connectivity index (χ3n) is 2.39. The molecule has 1 N–H and O–H groups in total. The van der Waals surface area contributed by atoms with Gasteiger partial charge in [-0.15, -0.1) is 22.7 Å². The minimum absolute atomic E-state index is 0.0217. The van der Waals surface area contributed by atoms with E-state index in [-0.39, 0.29) is 11.9 Å². The average Bonchev–Trinajstić information content (AvgIpc) is 2.86. The van der Waals surface area contributed by atoms with Gasteiger partial charge in [0.1, 0.15) is 0 Å². The van der Waals surface area contributed by atoms with E-state index in [1.165, 1.54) is 16.2 Å². The van der Waals surface area contributed by atoms with Crippen molar-refractivity contribution < 1.29 is 4.79 Å². The normalized spacial score (nSPS) is 12.4. The third kappa shape index (κ3) is 2.33. The highest BCUT2D eigenvalue weighted by atomic mass is 32.1. The van der Waals surface area contributed by atoms with E-state index < -0.39 is 0 Å². The van der Waals surface area contributed by atoms with E-state index in [0.717, 1.165) is 10.4 Å². The monoisotopic (exact) mass is 251 g/mol. The number of rotatable bonds is 3. The van der Waals surface area contributed by atoms with E-state index in [1.807, 2.05) is 42.8 Å². The SMILES string of the molecule is Cc1ccsc1C(=O)N[C@H](C)c1cccs1. The minimum atomic E-state index is 0.0217. The highest BCUT2D eigenvalue weighted by Crippen LogP contribution is 2.20. The van der Waals surface area contributed by atoms with Crippen LogP contribution in [0, 0.1) is 6.92 Å². The van der Waals surface area contributed by atoms with Crippen LogP contribution in [0.5, 0.6) is 0 Å². The summed E-state index contributed by atoms with van der Waals surface area (Å²) >= 11 is 3.15. The predicted molar refractivity (Wildman–Crippen MR) is 69.3 cm³/mol. The lowest BCUT2D eigenvalue weighted by molar-refractivity contribution is 0.0944. The van der Waals surface area contributed by atoms with Crippen molar-refractivity contribution in [2.45, 2.75) is 19.9 Å². The molecular weight excluding hydrogens is 238 g/mol. The summed E-state index contributed by atoms with van der Waals surface area (Å²) in [5.74, 6) is 0.0217. The Hall–Kier alpha value is -1.13. The largest absolute Gasteiger partial charge is 0.344 e. The Balaban J connectivity index is 2.06. The second-order valence-electron chi connectivity index (χ2n) is 3.64. The van der Waals surface area contributed by atoms with Crippen LogP contribution in [0.4, 0.5) is 0 Å². The Kier molecular flexibility index (Phi) is 3.41. The van der Waals surface area contributed by atoms with Gasteiger partial charge < -0.3 is 5.32 Å². The first-order valence-corrected chi connectivity index (χ1v) is 6.83. The second-order valence-corrected chi connectivity index (χ2v) is 5.54. The first kappa shape index (κ1) is 11.4. The minimum Gasteiger partial charge on any atom is -0.344 e. The van der Waals surface area contributed by atoms with Crippen molar-refractivity contribution in [1.82, 2.24) is 5.32 Å².